The Kier molecular flexibility index (Phi) is 7.20. The van der Waals surface area contributed by atoms with Crippen molar-refractivity contribution >= 4 is 29.3 Å². The molecule has 1 saturated heterocycles. The minimum absolute atomic E-state index is 0.00697. The summed E-state index contributed by atoms with van der Waals surface area (Å²) < 4.78 is 5.37. The molecule has 26 heavy (non-hydrogen) atoms. The third-order valence-electron chi connectivity index (χ3n) is 4.43. The maximum Gasteiger partial charge on any atom is 0.306 e. The molecule has 1 aromatic heterocycles. The number of nitrogens with zero attached hydrogens (tertiary/aromatic N) is 4. The summed E-state index contributed by atoms with van der Waals surface area (Å²) in [5.74, 6) is 0.944. The van der Waals surface area contributed by atoms with Gasteiger partial charge < -0.3 is 14.5 Å². The van der Waals surface area contributed by atoms with E-state index < -0.39 is 6.10 Å². The molecule has 3 atom stereocenters. The zero-order chi connectivity index (χ0) is 19.3. The fourth-order valence-corrected chi connectivity index (χ4v) is 3.46. The van der Waals surface area contributed by atoms with Crippen LogP contribution in [0.15, 0.2) is 12.3 Å². The number of alkyl halides is 1. The molecule has 0 bridgehead atoms. The lowest BCUT2D eigenvalue weighted by molar-refractivity contribution is -0.149. The minimum atomic E-state index is -0.497. The number of hydrogen-bond acceptors (Lipinski definition) is 6. The number of amides is 1. The fraction of sp³-hybridized carbons (Fsp3) is 0.667. The molecule has 2 rings (SSSR count). The highest BCUT2D eigenvalue weighted by Crippen LogP contribution is 2.23. The quantitative estimate of drug-likeness (QED) is 0.556. The van der Waals surface area contributed by atoms with Gasteiger partial charge in [0.1, 0.15) is 11.7 Å². The third-order valence-corrected chi connectivity index (χ3v) is 4.66. The summed E-state index contributed by atoms with van der Waals surface area (Å²) in [5, 5.41) is 0. The van der Waals surface area contributed by atoms with E-state index in [0.717, 1.165) is 12.2 Å². The van der Waals surface area contributed by atoms with Crippen LogP contribution < -0.4 is 4.90 Å². The molecule has 0 N–H and O–H groups in total. The molecule has 1 aliphatic heterocycles. The van der Waals surface area contributed by atoms with Crippen LogP contribution in [-0.2, 0) is 14.3 Å². The second-order valence-electron chi connectivity index (χ2n) is 6.69. The first kappa shape index (κ1) is 20.4. The Hall–Kier alpha value is -1.89. The van der Waals surface area contributed by atoms with Gasteiger partial charge >= 0.3 is 5.97 Å². The van der Waals surface area contributed by atoms with E-state index in [0.29, 0.717) is 25.3 Å². The van der Waals surface area contributed by atoms with E-state index in [9.17, 15) is 9.59 Å². The maximum absolute atomic E-state index is 12.0. The summed E-state index contributed by atoms with van der Waals surface area (Å²) >= 11 is 5.72. The van der Waals surface area contributed by atoms with Gasteiger partial charge in [-0.2, -0.15) is 0 Å². The molecule has 7 nitrogen and oxygen atoms in total. The highest BCUT2D eigenvalue weighted by Gasteiger charge is 2.33. The lowest BCUT2D eigenvalue weighted by Crippen LogP contribution is -2.59. The van der Waals surface area contributed by atoms with Crippen LogP contribution in [0.25, 0.3) is 0 Å². The lowest BCUT2D eigenvalue weighted by atomic mass is 10.1. The number of aromatic nitrogens is 2. The second-order valence-corrected chi connectivity index (χ2v) is 6.96. The Labute approximate surface area is 159 Å². The van der Waals surface area contributed by atoms with Crippen LogP contribution in [0.3, 0.4) is 0 Å². The van der Waals surface area contributed by atoms with Crippen LogP contribution in [0.5, 0.6) is 0 Å². The van der Waals surface area contributed by atoms with Crippen molar-refractivity contribution in [2.45, 2.75) is 58.7 Å². The molecule has 0 spiro atoms. The maximum atomic E-state index is 12.0. The van der Waals surface area contributed by atoms with Crippen LogP contribution >= 0.6 is 11.6 Å². The van der Waals surface area contributed by atoms with Crippen molar-refractivity contribution < 1.29 is 14.3 Å². The molecule has 144 valence electrons. The standard InChI is InChI=1S/C18H27ClN4O3/c1-5-6-17(25)26-14(4)18-20-8-7-15(21-18)22-10-12(2)23(13(3)11-22)16(24)9-19/h7-8,12-14H,5-6,9-11H2,1-4H3/t12?,13?,14-/m1/s1. The van der Waals surface area contributed by atoms with E-state index in [1.165, 1.54) is 0 Å². The highest BCUT2D eigenvalue weighted by molar-refractivity contribution is 6.27. The molecule has 0 aromatic carbocycles. The Morgan fingerprint density at radius 3 is 2.58 bits per heavy atom. The summed E-state index contributed by atoms with van der Waals surface area (Å²) in [6.07, 6.45) is 2.30. The smallest absolute Gasteiger partial charge is 0.306 e. The van der Waals surface area contributed by atoms with Crippen LogP contribution in [0.4, 0.5) is 5.82 Å². The Morgan fingerprint density at radius 2 is 2.00 bits per heavy atom. The molecule has 2 unspecified atom stereocenters. The van der Waals surface area contributed by atoms with E-state index >= 15 is 0 Å². The summed E-state index contributed by atoms with van der Waals surface area (Å²) in [5.41, 5.74) is 0. The largest absolute Gasteiger partial charge is 0.454 e. The van der Waals surface area contributed by atoms with Crippen molar-refractivity contribution in [3.8, 4) is 0 Å². The van der Waals surface area contributed by atoms with Gasteiger partial charge in [-0.15, -0.1) is 11.6 Å². The Bertz CT molecular complexity index is 631. The zero-order valence-electron chi connectivity index (χ0n) is 15.8. The number of anilines is 1. The van der Waals surface area contributed by atoms with Crippen LogP contribution in [0.1, 0.15) is 52.5 Å². The zero-order valence-corrected chi connectivity index (χ0v) is 16.6. The van der Waals surface area contributed by atoms with Crippen molar-refractivity contribution in [3.05, 3.63) is 18.1 Å². The molecule has 0 aliphatic carbocycles. The highest BCUT2D eigenvalue weighted by atomic mass is 35.5. The number of hydrogen-bond donors (Lipinski definition) is 0. The SMILES string of the molecule is CCCC(=O)O[C@H](C)c1nccc(N2CC(C)N(C(=O)CCl)C(C)C2)n1. The Morgan fingerprint density at radius 1 is 1.35 bits per heavy atom. The Balaban J connectivity index is 2.10. The summed E-state index contributed by atoms with van der Waals surface area (Å²) in [4.78, 5) is 36.5. The van der Waals surface area contributed by atoms with E-state index in [4.69, 9.17) is 16.3 Å². The lowest BCUT2D eigenvalue weighted by Gasteiger charge is -2.44. The van der Waals surface area contributed by atoms with Gasteiger partial charge in [0.15, 0.2) is 11.9 Å². The number of halogens is 1. The molecule has 2 heterocycles. The number of rotatable bonds is 6. The van der Waals surface area contributed by atoms with E-state index in [2.05, 4.69) is 14.9 Å². The summed E-state index contributed by atoms with van der Waals surface area (Å²) in [6, 6.07) is 1.90. The molecular formula is C18H27ClN4O3. The topological polar surface area (TPSA) is 75.6 Å². The van der Waals surface area contributed by atoms with Crippen LogP contribution in [0.2, 0.25) is 0 Å². The molecule has 1 amide bonds. The molecule has 8 heteroatoms. The average Bonchev–Trinajstić information content (AvgIpc) is 2.61. The van der Waals surface area contributed by atoms with E-state index in [1.807, 2.05) is 31.7 Å². The first-order valence-electron chi connectivity index (χ1n) is 9.01. The van der Waals surface area contributed by atoms with Gasteiger partial charge in [0, 0.05) is 37.8 Å². The first-order chi connectivity index (χ1) is 12.4. The number of carbonyl (C=O) groups excluding carboxylic acids is 2. The molecule has 1 aliphatic rings. The third kappa shape index (κ3) is 4.84. The van der Waals surface area contributed by atoms with E-state index in [1.54, 1.807) is 13.1 Å². The second kappa shape index (κ2) is 9.16. The minimum Gasteiger partial charge on any atom is -0.454 e. The monoisotopic (exact) mass is 382 g/mol. The molecule has 0 radical (unpaired) electrons. The molecule has 1 aromatic rings. The van der Waals surface area contributed by atoms with Gasteiger partial charge in [-0.25, -0.2) is 9.97 Å². The number of esters is 1. The van der Waals surface area contributed by atoms with Gasteiger partial charge in [-0.1, -0.05) is 6.92 Å². The van der Waals surface area contributed by atoms with Crippen molar-refractivity contribution in [1.82, 2.24) is 14.9 Å². The predicted molar refractivity (Wildman–Crippen MR) is 100 cm³/mol. The van der Waals surface area contributed by atoms with E-state index in [-0.39, 0.29) is 29.8 Å². The van der Waals surface area contributed by atoms with Gasteiger partial charge in [0.2, 0.25) is 5.91 Å². The fourth-order valence-electron chi connectivity index (χ4n) is 3.32. The molecule has 1 fully saturated rings. The number of piperazine rings is 1. The van der Waals surface area contributed by atoms with Gasteiger partial charge in [-0.05, 0) is 33.3 Å². The van der Waals surface area contributed by atoms with Crippen molar-refractivity contribution in [2.24, 2.45) is 0 Å². The van der Waals surface area contributed by atoms with Crippen molar-refractivity contribution in [3.63, 3.8) is 0 Å². The van der Waals surface area contributed by atoms with Crippen LogP contribution in [0, 0.1) is 0 Å². The van der Waals surface area contributed by atoms with Gasteiger partial charge in [-0.3, -0.25) is 9.59 Å². The van der Waals surface area contributed by atoms with Gasteiger partial charge in [0.25, 0.3) is 0 Å². The molecular weight excluding hydrogens is 356 g/mol. The van der Waals surface area contributed by atoms with Crippen LogP contribution in [-0.4, -0.2) is 57.8 Å². The average molecular weight is 383 g/mol. The first-order valence-corrected chi connectivity index (χ1v) is 9.55. The van der Waals surface area contributed by atoms with Crippen molar-refractivity contribution in [1.29, 1.82) is 0 Å². The van der Waals surface area contributed by atoms with Gasteiger partial charge in [0.05, 0.1) is 0 Å². The molecule has 0 saturated carbocycles. The number of ether oxygens (including phenoxy) is 1. The summed E-state index contributed by atoms with van der Waals surface area (Å²) in [7, 11) is 0. The summed E-state index contributed by atoms with van der Waals surface area (Å²) in [6.45, 7) is 9.03. The normalized spacial score (nSPS) is 21.4. The van der Waals surface area contributed by atoms with Crippen molar-refractivity contribution in [2.75, 3.05) is 23.9 Å². The predicted octanol–water partition coefficient (Wildman–Crippen LogP) is 2.55. The number of carbonyl (C=O) groups is 2.